The van der Waals surface area contributed by atoms with Gasteiger partial charge in [-0.15, -0.1) is 0 Å². The summed E-state index contributed by atoms with van der Waals surface area (Å²) in [5, 5.41) is 3.41. The molecule has 3 rings (SSSR count). The van der Waals surface area contributed by atoms with Crippen LogP contribution in [0, 0.1) is 0 Å². The number of methoxy groups -OCH3 is 1. The van der Waals surface area contributed by atoms with Crippen molar-refractivity contribution < 1.29 is 9.47 Å². The Balaban J connectivity index is 1.90. The molecule has 0 saturated carbocycles. The Hall–Kier alpha value is -2.82. The predicted octanol–water partition coefficient (Wildman–Crippen LogP) is 3.75. The van der Waals surface area contributed by atoms with E-state index in [9.17, 15) is 0 Å². The standard InChI is InChI=1S/C19H21N3O2/c1-19(2)13-24-18(22-19)11-17(14-5-4-10-20-12-14)21-15-6-8-16(23-3)9-7-15/h4-12,21H,13H2,1-3H3/b17-11-. The normalized spacial score (nSPS) is 16.3. The van der Waals surface area contributed by atoms with E-state index in [1.54, 1.807) is 13.3 Å². The summed E-state index contributed by atoms with van der Waals surface area (Å²) in [6.45, 7) is 4.69. The second-order valence-electron chi connectivity index (χ2n) is 6.20. The molecule has 0 fully saturated rings. The molecular formula is C19H21N3O2. The molecule has 0 radical (unpaired) electrons. The fourth-order valence-electron chi connectivity index (χ4n) is 2.35. The molecule has 1 aromatic heterocycles. The Kier molecular flexibility index (Phi) is 4.51. The first kappa shape index (κ1) is 16.1. The van der Waals surface area contributed by atoms with Crippen LogP contribution in [-0.2, 0) is 4.74 Å². The van der Waals surface area contributed by atoms with Crippen LogP contribution in [0.2, 0.25) is 0 Å². The highest BCUT2D eigenvalue weighted by Crippen LogP contribution is 2.23. The van der Waals surface area contributed by atoms with Crippen molar-refractivity contribution in [2.75, 3.05) is 19.0 Å². The molecule has 1 N–H and O–H groups in total. The summed E-state index contributed by atoms with van der Waals surface area (Å²) >= 11 is 0. The molecule has 1 aliphatic heterocycles. The Morgan fingerprint density at radius 3 is 2.62 bits per heavy atom. The fraction of sp³-hybridized carbons (Fsp3) is 0.263. The van der Waals surface area contributed by atoms with Crippen LogP contribution < -0.4 is 10.1 Å². The zero-order chi connectivity index (χ0) is 17.0. The number of rotatable bonds is 5. The number of benzene rings is 1. The maximum absolute atomic E-state index is 5.69. The Morgan fingerprint density at radius 1 is 1.25 bits per heavy atom. The van der Waals surface area contributed by atoms with E-state index in [-0.39, 0.29) is 5.54 Å². The van der Waals surface area contributed by atoms with E-state index >= 15 is 0 Å². The first-order chi connectivity index (χ1) is 11.6. The van der Waals surface area contributed by atoms with Gasteiger partial charge in [-0.1, -0.05) is 0 Å². The zero-order valence-corrected chi connectivity index (χ0v) is 14.1. The molecule has 1 aromatic carbocycles. The summed E-state index contributed by atoms with van der Waals surface area (Å²) in [5.41, 5.74) is 2.60. The number of hydrogen-bond acceptors (Lipinski definition) is 5. The number of aliphatic imine (C=N–C) groups is 1. The van der Waals surface area contributed by atoms with Gasteiger partial charge in [-0.05, 0) is 50.2 Å². The first-order valence-electron chi connectivity index (χ1n) is 7.82. The zero-order valence-electron chi connectivity index (χ0n) is 14.1. The lowest BCUT2D eigenvalue weighted by molar-refractivity contribution is 0.280. The molecular weight excluding hydrogens is 302 g/mol. The lowest BCUT2D eigenvalue weighted by atomic mass is 10.1. The third-order valence-electron chi connectivity index (χ3n) is 3.60. The average Bonchev–Trinajstić information content (AvgIpc) is 2.94. The van der Waals surface area contributed by atoms with Crippen LogP contribution in [0.3, 0.4) is 0 Å². The number of nitrogens with zero attached hydrogens (tertiary/aromatic N) is 2. The summed E-state index contributed by atoms with van der Waals surface area (Å²) in [4.78, 5) is 8.79. The lowest BCUT2D eigenvalue weighted by Gasteiger charge is -2.12. The van der Waals surface area contributed by atoms with Crippen LogP contribution in [0.4, 0.5) is 5.69 Å². The van der Waals surface area contributed by atoms with Crippen LogP contribution in [0.25, 0.3) is 5.70 Å². The third kappa shape index (κ3) is 3.93. The smallest absolute Gasteiger partial charge is 0.211 e. The van der Waals surface area contributed by atoms with Gasteiger partial charge >= 0.3 is 0 Å². The highest BCUT2D eigenvalue weighted by atomic mass is 16.5. The Morgan fingerprint density at radius 2 is 2.04 bits per heavy atom. The van der Waals surface area contributed by atoms with Gasteiger partial charge in [0.1, 0.15) is 12.4 Å². The first-order valence-corrected chi connectivity index (χ1v) is 7.82. The summed E-state index contributed by atoms with van der Waals surface area (Å²) in [5.74, 6) is 1.44. The van der Waals surface area contributed by atoms with Crippen molar-refractivity contribution in [1.29, 1.82) is 0 Å². The van der Waals surface area contributed by atoms with E-state index in [0.717, 1.165) is 22.7 Å². The van der Waals surface area contributed by atoms with E-state index in [2.05, 4.69) is 29.1 Å². The molecule has 0 saturated heterocycles. The van der Waals surface area contributed by atoms with Crippen molar-refractivity contribution in [2.45, 2.75) is 19.4 Å². The monoisotopic (exact) mass is 323 g/mol. The van der Waals surface area contributed by atoms with Crippen molar-refractivity contribution in [2.24, 2.45) is 4.99 Å². The molecule has 2 heterocycles. The summed E-state index contributed by atoms with van der Waals surface area (Å²) < 4.78 is 10.9. The molecule has 0 atom stereocenters. The summed E-state index contributed by atoms with van der Waals surface area (Å²) in [7, 11) is 1.65. The van der Waals surface area contributed by atoms with Gasteiger partial charge in [-0.2, -0.15) is 0 Å². The molecule has 0 unspecified atom stereocenters. The molecule has 124 valence electrons. The number of hydrogen-bond donors (Lipinski definition) is 1. The minimum Gasteiger partial charge on any atom is -0.497 e. The van der Waals surface area contributed by atoms with Crippen molar-refractivity contribution >= 4 is 17.3 Å². The van der Waals surface area contributed by atoms with Gasteiger partial charge in [0.05, 0.1) is 18.3 Å². The van der Waals surface area contributed by atoms with Crippen LogP contribution in [-0.4, -0.2) is 30.1 Å². The molecule has 0 aliphatic carbocycles. The Bertz CT molecular complexity index is 750. The number of nitrogens with one attached hydrogen (secondary N) is 1. The quantitative estimate of drug-likeness (QED) is 0.910. The second-order valence-corrected chi connectivity index (χ2v) is 6.20. The molecule has 1 aliphatic rings. The van der Waals surface area contributed by atoms with Crippen molar-refractivity contribution in [1.82, 2.24) is 4.98 Å². The Labute approximate surface area is 142 Å². The minimum absolute atomic E-state index is 0.188. The van der Waals surface area contributed by atoms with E-state index in [0.29, 0.717) is 12.5 Å². The van der Waals surface area contributed by atoms with Gasteiger partial charge in [-0.25, -0.2) is 4.99 Å². The van der Waals surface area contributed by atoms with Crippen LogP contribution in [0.5, 0.6) is 5.75 Å². The molecule has 0 bridgehead atoms. The maximum atomic E-state index is 5.69. The number of aromatic nitrogens is 1. The van der Waals surface area contributed by atoms with E-state index in [1.165, 1.54) is 0 Å². The van der Waals surface area contributed by atoms with Crippen molar-refractivity contribution in [3.63, 3.8) is 0 Å². The van der Waals surface area contributed by atoms with Gasteiger partial charge in [0.25, 0.3) is 0 Å². The van der Waals surface area contributed by atoms with Crippen molar-refractivity contribution in [3.05, 3.63) is 60.4 Å². The fourth-order valence-corrected chi connectivity index (χ4v) is 2.35. The molecule has 5 heteroatoms. The van der Waals surface area contributed by atoms with E-state index in [4.69, 9.17) is 9.47 Å². The lowest BCUT2D eigenvalue weighted by Crippen LogP contribution is -2.17. The van der Waals surface area contributed by atoms with E-state index in [1.807, 2.05) is 48.7 Å². The topological polar surface area (TPSA) is 55.7 Å². The number of anilines is 1. The molecule has 0 spiro atoms. The van der Waals surface area contributed by atoms with Crippen LogP contribution in [0.1, 0.15) is 19.4 Å². The van der Waals surface area contributed by atoms with Crippen molar-refractivity contribution in [3.8, 4) is 5.75 Å². The highest BCUT2D eigenvalue weighted by Gasteiger charge is 2.25. The third-order valence-corrected chi connectivity index (χ3v) is 3.60. The van der Waals surface area contributed by atoms with Crippen LogP contribution in [0.15, 0.2) is 59.9 Å². The predicted molar refractivity (Wildman–Crippen MR) is 96.3 cm³/mol. The van der Waals surface area contributed by atoms with Gasteiger partial charge in [0.15, 0.2) is 0 Å². The maximum Gasteiger partial charge on any atom is 0.211 e. The van der Waals surface area contributed by atoms with E-state index < -0.39 is 0 Å². The average molecular weight is 323 g/mol. The van der Waals surface area contributed by atoms with Gasteiger partial charge in [0, 0.05) is 29.7 Å². The highest BCUT2D eigenvalue weighted by molar-refractivity contribution is 5.98. The summed E-state index contributed by atoms with van der Waals surface area (Å²) in [6.07, 6.45) is 5.47. The number of ether oxygens (including phenoxy) is 2. The number of pyridine rings is 1. The molecule has 24 heavy (non-hydrogen) atoms. The largest absolute Gasteiger partial charge is 0.497 e. The molecule has 2 aromatic rings. The molecule has 5 nitrogen and oxygen atoms in total. The van der Waals surface area contributed by atoms with Crippen LogP contribution >= 0.6 is 0 Å². The second kappa shape index (κ2) is 6.74. The SMILES string of the molecule is COc1ccc(N/C(=C\C2=NC(C)(C)CO2)c2cccnc2)cc1. The van der Waals surface area contributed by atoms with Gasteiger partial charge in [0.2, 0.25) is 5.90 Å². The van der Waals surface area contributed by atoms with Gasteiger partial charge < -0.3 is 14.8 Å². The molecule has 0 amide bonds. The van der Waals surface area contributed by atoms with Gasteiger partial charge in [-0.3, -0.25) is 4.98 Å². The minimum atomic E-state index is -0.188. The summed E-state index contributed by atoms with van der Waals surface area (Å²) in [6, 6.07) is 11.6.